The standard InChI is InChI=1S/C15H32N2/c1-5-16-14(15(2,3)4)13-17-11-9-7-6-8-10-12-17/h14,16H,5-13H2,1-4H3. The quantitative estimate of drug-likeness (QED) is 0.811. The molecular weight excluding hydrogens is 208 g/mol. The fraction of sp³-hybridized carbons (Fsp3) is 1.00. The second-order valence-corrected chi connectivity index (χ2v) is 6.54. The summed E-state index contributed by atoms with van der Waals surface area (Å²) in [5, 5.41) is 3.66. The lowest BCUT2D eigenvalue weighted by Crippen LogP contribution is -2.49. The Morgan fingerprint density at radius 2 is 1.53 bits per heavy atom. The molecule has 0 aromatic heterocycles. The molecule has 0 saturated carbocycles. The number of hydrogen-bond acceptors (Lipinski definition) is 2. The molecule has 1 heterocycles. The van der Waals surface area contributed by atoms with Crippen LogP contribution in [0.15, 0.2) is 0 Å². The van der Waals surface area contributed by atoms with Gasteiger partial charge in [0.15, 0.2) is 0 Å². The average molecular weight is 240 g/mol. The van der Waals surface area contributed by atoms with E-state index in [-0.39, 0.29) is 0 Å². The van der Waals surface area contributed by atoms with Crippen molar-refractivity contribution >= 4 is 0 Å². The molecule has 0 radical (unpaired) electrons. The van der Waals surface area contributed by atoms with Crippen LogP contribution in [-0.4, -0.2) is 37.1 Å². The lowest BCUT2D eigenvalue weighted by molar-refractivity contribution is 0.164. The predicted molar refractivity (Wildman–Crippen MR) is 76.4 cm³/mol. The molecule has 17 heavy (non-hydrogen) atoms. The third-order valence-electron chi connectivity index (χ3n) is 3.89. The summed E-state index contributed by atoms with van der Waals surface area (Å²) in [7, 11) is 0. The molecule has 2 heteroatoms. The molecule has 1 unspecified atom stereocenters. The highest BCUT2D eigenvalue weighted by Gasteiger charge is 2.25. The van der Waals surface area contributed by atoms with Gasteiger partial charge in [0.25, 0.3) is 0 Å². The maximum absolute atomic E-state index is 3.66. The maximum atomic E-state index is 3.66. The van der Waals surface area contributed by atoms with Gasteiger partial charge < -0.3 is 10.2 Å². The molecule has 0 aliphatic carbocycles. The van der Waals surface area contributed by atoms with Gasteiger partial charge >= 0.3 is 0 Å². The van der Waals surface area contributed by atoms with Gasteiger partial charge in [0, 0.05) is 12.6 Å². The largest absolute Gasteiger partial charge is 0.312 e. The fourth-order valence-electron chi connectivity index (χ4n) is 2.64. The molecule has 1 aliphatic rings. The van der Waals surface area contributed by atoms with Gasteiger partial charge in [-0.2, -0.15) is 0 Å². The normalized spacial score (nSPS) is 21.9. The average Bonchev–Trinajstić information content (AvgIpc) is 2.19. The highest BCUT2D eigenvalue weighted by Crippen LogP contribution is 2.21. The summed E-state index contributed by atoms with van der Waals surface area (Å²) in [5.74, 6) is 0. The Labute approximate surface area is 108 Å². The summed E-state index contributed by atoms with van der Waals surface area (Å²) in [6.07, 6.45) is 7.09. The van der Waals surface area contributed by atoms with Crippen molar-refractivity contribution in [1.29, 1.82) is 0 Å². The molecule has 1 N–H and O–H groups in total. The van der Waals surface area contributed by atoms with E-state index in [2.05, 4.69) is 37.9 Å². The molecule has 0 aromatic carbocycles. The summed E-state index contributed by atoms with van der Waals surface area (Å²) in [4.78, 5) is 2.68. The first-order valence-electron chi connectivity index (χ1n) is 7.49. The highest BCUT2D eigenvalue weighted by atomic mass is 15.1. The number of rotatable bonds is 4. The SMILES string of the molecule is CCNC(CN1CCCCCCC1)C(C)(C)C. The molecule has 1 aliphatic heterocycles. The van der Waals surface area contributed by atoms with Gasteiger partial charge in [-0.1, -0.05) is 47.0 Å². The summed E-state index contributed by atoms with van der Waals surface area (Å²) in [5.41, 5.74) is 0.360. The number of nitrogens with one attached hydrogen (secondary N) is 1. The van der Waals surface area contributed by atoms with Crippen molar-refractivity contribution in [3.8, 4) is 0 Å². The van der Waals surface area contributed by atoms with E-state index in [1.807, 2.05) is 0 Å². The molecule has 102 valence electrons. The van der Waals surface area contributed by atoms with Crippen LogP contribution >= 0.6 is 0 Å². The number of likely N-dealkylation sites (N-methyl/N-ethyl adjacent to an activating group) is 1. The van der Waals surface area contributed by atoms with Crippen LogP contribution in [0.5, 0.6) is 0 Å². The zero-order valence-electron chi connectivity index (χ0n) is 12.4. The monoisotopic (exact) mass is 240 g/mol. The predicted octanol–water partition coefficient (Wildman–Crippen LogP) is 3.28. The van der Waals surface area contributed by atoms with E-state index in [1.54, 1.807) is 0 Å². The van der Waals surface area contributed by atoms with Crippen LogP contribution in [0.4, 0.5) is 0 Å². The first kappa shape index (κ1) is 15.0. The van der Waals surface area contributed by atoms with Crippen molar-refractivity contribution in [3.63, 3.8) is 0 Å². The Morgan fingerprint density at radius 3 is 2.00 bits per heavy atom. The van der Waals surface area contributed by atoms with Crippen LogP contribution in [0.2, 0.25) is 0 Å². The number of likely N-dealkylation sites (tertiary alicyclic amines) is 1. The Balaban J connectivity index is 2.46. The smallest absolute Gasteiger partial charge is 0.0243 e. The van der Waals surface area contributed by atoms with Crippen LogP contribution < -0.4 is 5.32 Å². The van der Waals surface area contributed by atoms with Crippen molar-refractivity contribution in [2.75, 3.05) is 26.2 Å². The maximum Gasteiger partial charge on any atom is 0.0243 e. The fourth-order valence-corrected chi connectivity index (χ4v) is 2.64. The van der Waals surface area contributed by atoms with Crippen LogP contribution in [0.25, 0.3) is 0 Å². The number of nitrogens with zero attached hydrogens (tertiary/aromatic N) is 1. The molecule has 0 amide bonds. The summed E-state index contributed by atoms with van der Waals surface area (Å²) in [6.45, 7) is 14.2. The first-order valence-corrected chi connectivity index (χ1v) is 7.49. The summed E-state index contributed by atoms with van der Waals surface area (Å²) >= 11 is 0. The summed E-state index contributed by atoms with van der Waals surface area (Å²) in [6, 6.07) is 0.618. The minimum absolute atomic E-state index is 0.360. The second-order valence-electron chi connectivity index (χ2n) is 6.54. The van der Waals surface area contributed by atoms with Gasteiger partial charge in [-0.3, -0.25) is 0 Å². The van der Waals surface area contributed by atoms with E-state index in [4.69, 9.17) is 0 Å². The van der Waals surface area contributed by atoms with Crippen molar-refractivity contribution < 1.29 is 0 Å². The van der Waals surface area contributed by atoms with Crippen molar-refractivity contribution in [2.45, 2.75) is 65.8 Å². The van der Waals surface area contributed by atoms with Gasteiger partial charge in [0.2, 0.25) is 0 Å². The van der Waals surface area contributed by atoms with Gasteiger partial charge in [-0.05, 0) is 37.9 Å². The first-order chi connectivity index (χ1) is 8.04. The highest BCUT2D eigenvalue weighted by molar-refractivity contribution is 4.83. The van der Waals surface area contributed by atoms with Gasteiger partial charge in [-0.25, -0.2) is 0 Å². The van der Waals surface area contributed by atoms with Crippen molar-refractivity contribution in [1.82, 2.24) is 10.2 Å². The van der Waals surface area contributed by atoms with E-state index < -0.39 is 0 Å². The molecule has 1 atom stereocenters. The molecule has 0 bridgehead atoms. The Hall–Kier alpha value is -0.0800. The third kappa shape index (κ3) is 5.87. The lowest BCUT2D eigenvalue weighted by atomic mass is 9.86. The third-order valence-corrected chi connectivity index (χ3v) is 3.89. The van der Waals surface area contributed by atoms with E-state index in [1.165, 1.54) is 51.7 Å². The molecular formula is C15H32N2. The van der Waals surface area contributed by atoms with E-state index in [0.717, 1.165) is 6.54 Å². The van der Waals surface area contributed by atoms with E-state index >= 15 is 0 Å². The molecule has 1 saturated heterocycles. The van der Waals surface area contributed by atoms with Crippen molar-refractivity contribution in [3.05, 3.63) is 0 Å². The van der Waals surface area contributed by atoms with Crippen LogP contribution in [0, 0.1) is 5.41 Å². The Morgan fingerprint density at radius 1 is 1.00 bits per heavy atom. The molecule has 2 nitrogen and oxygen atoms in total. The zero-order chi connectivity index (χ0) is 12.7. The minimum Gasteiger partial charge on any atom is -0.312 e. The topological polar surface area (TPSA) is 15.3 Å². The van der Waals surface area contributed by atoms with E-state index in [0.29, 0.717) is 11.5 Å². The van der Waals surface area contributed by atoms with E-state index in [9.17, 15) is 0 Å². The van der Waals surface area contributed by atoms with Crippen molar-refractivity contribution in [2.24, 2.45) is 5.41 Å². The Kier molecular flexibility index (Phi) is 6.50. The van der Waals surface area contributed by atoms with Crippen LogP contribution in [0.3, 0.4) is 0 Å². The molecule has 0 aromatic rings. The van der Waals surface area contributed by atoms with Gasteiger partial charge in [0.05, 0.1) is 0 Å². The zero-order valence-corrected chi connectivity index (χ0v) is 12.4. The minimum atomic E-state index is 0.360. The number of hydrogen-bond donors (Lipinski definition) is 1. The second kappa shape index (κ2) is 7.38. The van der Waals surface area contributed by atoms with Crippen LogP contribution in [0.1, 0.15) is 59.8 Å². The molecule has 1 rings (SSSR count). The summed E-state index contributed by atoms with van der Waals surface area (Å²) < 4.78 is 0. The van der Waals surface area contributed by atoms with Gasteiger partial charge in [-0.15, -0.1) is 0 Å². The van der Waals surface area contributed by atoms with Crippen LogP contribution in [-0.2, 0) is 0 Å². The Bertz CT molecular complexity index is 188. The lowest BCUT2D eigenvalue weighted by Gasteiger charge is -2.36. The molecule has 0 spiro atoms. The van der Waals surface area contributed by atoms with Gasteiger partial charge in [0.1, 0.15) is 0 Å². The molecule has 1 fully saturated rings.